The van der Waals surface area contributed by atoms with Crippen molar-refractivity contribution in [3.63, 3.8) is 0 Å². The molecule has 1 aromatic carbocycles. The minimum absolute atomic E-state index is 0.00683. The van der Waals surface area contributed by atoms with Crippen molar-refractivity contribution in [2.45, 2.75) is 25.3 Å². The summed E-state index contributed by atoms with van der Waals surface area (Å²) in [6.45, 7) is 0.903. The predicted octanol–water partition coefficient (Wildman–Crippen LogP) is 1.82. The van der Waals surface area contributed by atoms with Crippen LogP contribution in [-0.4, -0.2) is 28.7 Å². The second kappa shape index (κ2) is 5.83. The number of rotatable bonds is 3. The van der Waals surface area contributed by atoms with E-state index < -0.39 is 0 Å². The molecule has 0 saturated carbocycles. The van der Waals surface area contributed by atoms with Gasteiger partial charge in [-0.25, -0.2) is 0 Å². The average molecular weight is 272 g/mol. The van der Waals surface area contributed by atoms with E-state index in [9.17, 15) is 4.79 Å². The maximum atomic E-state index is 12.1. The predicted molar refractivity (Wildman–Crippen MR) is 74.0 cm³/mol. The topological polar surface area (TPSA) is 80.1 Å². The summed E-state index contributed by atoms with van der Waals surface area (Å²) in [7, 11) is 0. The van der Waals surface area contributed by atoms with Gasteiger partial charge >= 0.3 is 0 Å². The lowest BCUT2D eigenvalue weighted by atomic mass is 10.0. The van der Waals surface area contributed by atoms with Gasteiger partial charge in [-0.05, 0) is 37.6 Å². The van der Waals surface area contributed by atoms with Crippen molar-refractivity contribution in [2.24, 2.45) is 0 Å². The molecule has 6 heteroatoms. The maximum absolute atomic E-state index is 12.1. The highest BCUT2D eigenvalue weighted by molar-refractivity contribution is 5.95. The first-order valence-electron chi connectivity index (χ1n) is 6.74. The Hall–Kier alpha value is -2.21. The van der Waals surface area contributed by atoms with E-state index >= 15 is 0 Å². The fraction of sp³-hybridized carbons (Fsp3) is 0.357. The summed E-state index contributed by atoms with van der Waals surface area (Å²) in [5.41, 5.74) is 1.52. The summed E-state index contributed by atoms with van der Waals surface area (Å²) in [4.78, 5) is 12.1. The summed E-state index contributed by atoms with van der Waals surface area (Å²) in [6.07, 6.45) is 4.39. The maximum Gasteiger partial charge on any atom is 0.247 e. The molecule has 1 amide bonds. The number of nitrogens with zero attached hydrogens (tertiary/aromatic N) is 2. The molecule has 0 unspecified atom stereocenters. The normalized spacial score (nSPS) is 18.7. The Labute approximate surface area is 116 Å². The van der Waals surface area contributed by atoms with E-state index in [1.54, 1.807) is 0 Å². The first-order valence-corrected chi connectivity index (χ1v) is 6.74. The summed E-state index contributed by atoms with van der Waals surface area (Å²) < 4.78 is 5.15. The summed E-state index contributed by atoms with van der Waals surface area (Å²) in [5.74, 6) is 0.448. The Morgan fingerprint density at radius 3 is 3.10 bits per heavy atom. The zero-order valence-corrected chi connectivity index (χ0v) is 11.0. The molecule has 0 bridgehead atoms. The van der Waals surface area contributed by atoms with Crippen LogP contribution < -0.4 is 10.6 Å². The molecule has 0 radical (unpaired) electrons. The van der Waals surface area contributed by atoms with E-state index in [2.05, 4.69) is 20.8 Å². The number of aromatic nitrogens is 2. The van der Waals surface area contributed by atoms with E-state index in [4.69, 9.17) is 4.42 Å². The second-order valence-corrected chi connectivity index (χ2v) is 4.82. The summed E-state index contributed by atoms with van der Waals surface area (Å²) in [5, 5.41) is 13.7. The Morgan fingerprint density at radius 2 is 2.35 bits per heavy atom. The molecule has 1 aliphatic heterocycles. The first kappa shape index (κ1) is 12.8. The highest BCUT2D eigenvalue weighted by Gasteiger charge is 2.20. The highest BCUT2D eigenvalue weighted by Crippen LogP contribution is 2.20. The number of nitrogens with one attached hydrogen (secondary N) is 2. The first-order chi connectivity index (χ1) is 9.83. The molecule has 2 aromatic rings. The number of anilines is 1. The molecule has 1 atom stereocenters. The van der Waals surface area contributed by atoms with Gasteiger partial charge in [0.2, 0.25) is 18.2 Å². The number of benzene rings is 1. The van der Waals surface area contributed by atoms with Gasteiger partial charge in [0.25, 0.3) is 0 Å². The molecule has 0 aliphatic carbocycles. The molecule has 1 aromatic heterocycles. The van der Waals surface area contributed by atoms with Crippen molar-refractivity contribution in [3.8, 4) is 11.5 Å². The molecule has 0 spiro atoms. The van der Waals surface area contributed by atoms with E-state index in [1.807, 2.05) is 24.3 Å². The number of carbonyl (C=O) groups excluding carboxylic acids is 1. The van der Waals surface area contributed by atoms with Crippen LogP contribution in [0.1, 0.15) is 19.3 Å². The second-order valence-electron chi connectivity index (χ2n) is 4.82. The summed E-state index contributed by atoms with van der Waals surface area (Å²) >= 11 is 0. The van der Waals surface area contributed by atoms with Crippen LogP contribution in [0.15, 0.2) is 35.1 Å². The van der Waals surface area contributed by atoms with Gasteiger partial charge in [0.05, 0.1) is 6.04 Å². The quantitative estimate of drug-likeness (QED) is 0.890. The standard InChI is InChI=1S/C14H16N4O2/c19-13(12-6-1-2-7-15-12)17-11-5-3-4-10(8-11)14-18-16-9-20-14/h3-5,8-9,12,15H,1-2,6-7H2,(H,17,19)/t12-/m1/s1. The largest absolute Gasteiger partial charge is 0.423 e. The molecule has 1 saturated heterocycles. The zero-order chi connectivity index (χ0) is 13.8. The third-order valence-electron chi connectivity index (χ3n) is 3.36. The van der Waals surface area contributed by atoms with Crippen molar-refractivity contribution in [2.75, 3.05) is 11.9 Å². The van der Waals surface area contributed by atoms with Crippen LogP contribution in [0.25, 0.3) is 11.5 Å². The molecule has 104 valence electrons. The Balaban J connectivity index is 1.71. The van der Waals surface area contributed by atoms with Crippen molar-refractivity contribution >= 4 is 11.6 Å². The fourth-order valence-electron chi connectivity index (χ4n) is 2.33. The molecule has 2 heterocycles. The highest BCUT2D eigenvalue weighted by atomic mass is 16.4. The lowest BCUT2D eigenvalue weighted by molar-refractivity contribution is -0.118. The monoisotopic (exact) mass is 272 g/mol. The zero-order valence-electron chi connectivity index (χ0n) is 11.0. The Kier molecular flexibility index (Phi) is 3.73. The van der Waals surface area contributed by atoms with Crippen molar-refractivity contribution in [3.05, 3.63) is 30.7 Å². The lowest BCUT2D eigenvalue weighted by Crippen LogP contribution is -2.43. The molecular formula is C14H16N4O2. The van der Waals surface area contributed by atoms with E-state index in [1.165, 1.54) is 6.39 Å². The van der Waals surface area contributed by atoms with Gasteiger partial charge < -0.3 is 15.1 Å². The van der Waals surface area contributed by atoms with Gasteiger partial charge in [0.1, 0.15) is 0 Å². The Bertz CT molecular complexity index is 577. The molecular weight excluding hydrogens is 256 g/mol. The third-order valence-corrected chi connectivity index (χ3v) is 3.36. The molecule has 3 rings (SSSR count). The van der Waals surface area contributed by atoms with Crippen LogP contribution in [0, 0.1) is 0 Å². The van der Waals surface area contributed by atoms with Crippen LogP contribution >= 0.6 is 0 Å². The van der Waals surface area contributed by atoms with Crippen LogP contribution in [0.4, 0.5) is 5.69 Å². The summed E-state index contributed by atoms with van der Waals surface area (Å²) in [6, 6.07) is 7.29. The molecule has 6 nitrogen and oxygen atoms in total. The van der Waals surface area contributed by atoms with Crippen molar-refractivity contribution in [1.29, 1.82) is 0 Å². The SMILES string of the molecule is O=C(Nc1cccc(-c2nnco2)c1)[C@H]1CCCCN1. The smallest absolute Gasteiger partial charge is 0.247 e. The van der Waals surface area contributed by atoms with Crippen LogP contribution in [0.3, 0.4) is 0 Å². The van der Waals surface area contributed by atoms with Crippen molar-refractivity contribution < 1.29 is 9.21 Å². The number of hydrogen-bond donors (Lipinski definition) is 2. The van der Waals surface area contributed by atoms with Gasteiger partial charge in [0.15, 0.2) is 0 Å². The molecule has 20 heavy (non-hydrogen) atoms. The van der Waals surface area contributed by atoms with Crippen LogP contribution in [-0.2, 0) is 4.79 Å². The number of amides is 1. The van der Waals surface area contributed by atoms with Gasteiger partial charge in [-0.2, -0.15) is 0 Å². The molecule has 1 fully saturated rings. The fourth-order valence-corrected chi connectivity index (χ4v) is 2.33. The van der Waals surface area contributed by atoms with Gasteiger partial charge in [0, 0.05) is 11.3 Å². The van der Waals surface area contributed by atoms with E-state index in [0.717, 1.165) is 37.1 Å². The molecule has 1 aliphatic rings. The average Bonchev–Trinajstić information content (AvgIpc) is 3.03. The minimum atomic E-state index is -0.101. The van der Waals surface area contributed by atoms with Gasteiger partial charge in [-0.15, -0.1) is 10.2 Å². The van der Waals surface area contributed by atoms with Crippen LogP contribution in [0.5, 0.6) is 0 Å². The molecule has 2 N–H and O–H groups in total. The van der Waals surface area contributed by atoms with Gasteiger partial charge in [-0.3, -0.25) is 4.79 Å². The van der Waals surface area contributed by atoms with E-state index in [0.29, 0.717) is 5.89 Å². The van der Waals surface area contributed by atoms with Crippen molar-refractivity contribution in [1.82, 2.24) is 15.5 Å². The Morgan fingerprint density at radius 1 is 1.40 bits per heavy atom. The number of piperidine rings is 1. The number of carbonyl (C=O) groups is 1. The minimum Gasteiger partial charge on any atom is -0.423 e. The van der Waals surface area contributed by atoms with E-state index in [-0.39, 0.29) is 11.9 Å². The number of hydrogen-bond acceptors (Lipinski definition) is 5. The van der Waals surface area contributed by atoms with Crippen LogP contribution in [0.2, 0.25) is 0 Å². The third kappa shape index (κ3) is 2.85. The van der Waals surface area contributed by atoms with Gasteiger partial charge in [-0.1, -0.05) is 12.5 Å². The lowest BCUT2D eigenvalue weighted by Gasteiger charge is -2.22.